The summed E-state index contributed by atoms with van der Waals surface area (Å²) in [6.45, 7) is 0. The van der Waals surface area contributed by atoms with Crippen LogP contribution in [0, 0.1) is 0 Å². The van der Waals surface area contributed by atoms with Crippen LogP contribution in [0.25, 0.3) is 77.0 Å². The normalized spacial score (nSPS) is 11.5. The van der Waals surface area contributed by atoms with E-state index in [-0.39, 0.29) is 0 Å². The van der Waals surface area contributed by atoms with Crippen LogP contribution >= 0.6 is 31.9 Å². The predicted octanol–water partition coefficient (Wildman–Crippen LogP) is 13.9. The second-order valence-corrected chi connectivity index (χ2v) is 15.0. The van der Waals surface area contributed by atoms with Gasteiger partial charge in [0.05, 0.1) is 22.1 Å². The predicted molar refractivity (Wildman–Crippen MR) is 234 cm³/mol. The van der Waals surface area contributed by atoms with Gasteiger partial charge in [-0.15, -0.1) is 0 Å². The number of para-hydroxylation sites is 2. The largest absolute Gasteiger partial charge is 0.311 e. The number of benzene rings is 7. The minimum Gasteiger partial charge on any atom is -0.311 e. The maximum absolute atomic E-state index is 5.39. The molecule has 0 aliphatic carbocycles. The van der Waals surface area contributed by atoms with Crippen LogP contribution in [-0.4, -0.2) is 19.9 Å². The molecule has 0 unspecified atom stereocenters. The fourth-order valence-corrected chi connectivity index (χ4v) is 8.65. The number of anilines is 3. The zero-order valence-electron chi connectivity index (χ0n) is 29.2. The first-order valence-electron chi connectivity index (χ1n) is 17.9. The van der Waals surface area contributed by atoms with Gasteiger partial charge in [-0.1, -0.05) is 78.9 Å². The number of rotatable bonds is 6. The number of pyridine rings is 2. The van der Waals surface area contributed by atoms with Gasteiger partial charge in [0.25, 0.3) is 0 Å². The molecule has 10 aromatic rings. The average Bonchev–Trinajstić information content (AvgIpc) is 3.25. The van der Waals surface area contributed by atoms with Gasteiger partial charge in [-0.05, 0) is 138 Å². The molecule has 0 amide bonds. The highest BCUT2D eigenvalue weighted by molar-refractivity contribution is 9.13. The molecule has 3 heterocycles. The van der Waals surface area contributed by atoms with Crippen molar-refractivity contribution in [3.05, 3.63) is 185 Å². The van der Waals surface area contributed by atoms with Crippen LogP contribution < -0.4 is 4.90 Å². The first-order chi connectivity index (χ1) is 27.1. The number of nitrogens with zero attached hydrogens (tertiary/aromatic N) is 5. The van der Waals surface area contributed by atoms with Gasteiger partial charge >= 0.3 is 0 Å². The van der Waals surface area contributed by atoms with Crippen LogP contribution in [0.1, 0.15) is 0 Å². The summed E-state index contributed by atoms with van der Waals surface area (Å²) in [6, 6.07) is 52.9. The zero-order chi connectivity index (χ0) is 36.9. The Bertz CT molecular complexity index is 2990. The number of halogens is 2. The third-order valence-corrected chi connectivity index (χ3v) is 12.3. The van der Waals surface area contributed by atoms with Crippen LogP contribution in [0.15, 0.2) is 185 Å². The molecule has 0 saturated heterocycles. The Balaban J connectivity index is 1.14. The second-order valence-electron chi connectivity index (χ2n) is 13.4. The summed E-state index contributed by atoms with van der Waals surface area (Å²) in [5.41, 5.74) is 13.0. The van der Waals surface area contributed by atoms with E-state index in [9.17, 15) is 0 Å². The lowest BCUT2D eigenvalue weighted by Gasteiger charge is -2.25. The molecule has 0 aliphatic heterocycles. The molecular weight excluding hydrogens is 806 g/mol. The minimum atomic E-state index is 0.833. The molecule has 10 rings (SSSR count). The van der Waals surface area contributed by atoms with Crippen LogP contribution in [-0.2, 0) is 0 Å². The maximum Gasteiger partial charge on any atom is 0.0991 e. The van der Waals surface area contributed by atoms with Gasteiger partial charge in [-0.25, -0.2) is 9.97 Å². The molecule has 55 heavy (non-hydrogen) atoms. The van der Waals surface area contributed by atoms with Gasteiger partial charge in [-0.2, -0.15) is 0 Å². The second kappa shape index (κ2) is 13.9. The topological polar surface area (TPSA) is 54.8 Å². The lowest BCUT2D eigenvalue weighted by atomic mass is 9.93. The minimum absolute atomic E-state index is 0.833. The lowest BCUT2D eigenvalue weighted by molar-refractivity contribution is 1.28. The van der Waals surface area contributed by atoms with E-state index in [1.807, 2.05) is 36.7 Å². The molecule has 0 spiro atoms. The van der Waals surface area contributed by atoms with Crippen LogP contribution in [0.5, 0.6) is 0 Å². The molecule has 0 fully saturated rings. The first kappa shape index (κ1) is 33.3. The molecule has 7 heteroatoms. The van der Waals surface area contributed by atoms with E-state index in [0.717, 1.165) is 103 Å². The highest BCUT2D eigenvalue weighted by atomic mass is 79.9. The quantitative estimate of drug-likeness (QED) is 0.123. The van der Waals surface area contributed by atoms with E-state index in [1.54, 1.807) is 12.4 Å². The SMILES string of the molecule is Brc1c(-c2cccnc2)cc2c3cc(-c4cccnc4)ccc3c3nc4cc(-c5ccc(N(c6ccccc6)c6ccccc6)cc5)ccc4nc3c2c1Br. The molecule has 0 aliphatic rings. The van der Waals surface area contributed by atoms with E-state index in [2.05, 4.69) is 174 Å². The highest BCUT2D eigenvalue weighted by Crippen LogP contribution is 2.46. The monoisotopic (exact) mass is 833 g/mol. The summed E-state index contributed by atoms with van der Waals surface area (Å²) >= 11 is 7.93. The summed E-state index contributed by atoms with van der Waals surface area (Å²) in [4.78, 5) is 21.8. The number of hydrogen-bond donors (Lipinski definition) is 0. The highest BCUT2D eigenvalue weighted by Gasteiger charge is 2.20. The zero-order valence-corrected chi connectivity index (χ0v) is 32.4. The van der Waals surface area contributed by atoms with Crippen molar-refractivity contribution in [2.24, 2.45) is 0 Å². The fourth-order valence-electron chi connectivity index (χ4n) is 7.49. The Morgan fingerprint density at radius 2 is 1.00 bits per heavy atom. The third-order valence-electron chi connectivity index (χ3n) is 10.1. The molecule has 0 bridgehead atoms. The van der Waals surface area contributed by atoms with Crippen molar-refractivity contribution in [1.29, 1.82) is 0 Å². The van der Waals surface area contributed by atoms with Crippen molar-refractivity contribution in [1.82, 2.24) is 19.9 Å². The molecule has 260 valence electrons. The van der Waals surface area contributed by atoms with Gasteiger partial charge in [0, 0.05) is 72.7 Å². The molecule has 0 N–H and O–H groups in total. The van der Waals surface area contributed by atoms with Crippen molar-refractivity contribution in [3.63, 3.8) is 0 Å². The Hall–Kier alpha value is -6.28. The van der Waals surface area contributed by atoms with Gasteiger partial charge in [-0.3, -0.25) is 9.97 Å². The van der Waals surface area contributed by atoms with Gasteiger partial charge < -0.3 is 4.90 Å². The van der Waals surface area contributed by atoms with Gasteiger partial charge in [0.1, 0.15) is 0 Å². The molecular formula is C48H29Br2N5. The molecule has 0 atom stereocenters. The van der Waals surface area contributed by atoms with Crippen molar-refractivity contribution in [2.45, 2.75) is 0 Å². The molecule has 5 nitrogen and oxygen atoms in total. The standard InChI is InChI=1S/C48H29Br2N5/c49-45-39(34-10-8-24-52-29-34)27-41-40-25-31(33-9-7-23-51-28-33)17-21-38(40)47-48(44(41)46(45)50)53-42-22-18-32(26-43(42)54-47)30-15-19-37(20-16-30)55(35-11-3-1-4-12-35)36-13-5-2-6-14-36/h1-29H. The van der Waals surface area contributed by atoms with E-state index in [0.29, 0.717) is 0 Å². The van der Waals surface area contributed by atoms with E-state index in [4.69, 9.17) is 9.97 Å². The summed E-state index contributed by atoms with van der Waals surface area (Å²) < 4.78 is 1.86. The molecule has 0 saturated carbocycles. The molecule has 7 aromatic carbocycles. The lowest BCUT2D eigenvalue weighted by Crippen LogP contribution is -2.09. The summed E-state index contributed by atoms with van der Waals surface area (Å²) in [5.74, 6) is 0. The molecule has 3 aromatic heterocycles. The van der Waals surface area contributed by atoms with Crippen molar-refractivity contribution in [3.8, 4) is 33.4 Å². The van der Waals surface area contributed by atoms with Crippen molar-refractivity contribution in [2.75, 3.05) is 4.90 Å². The van der Waals surface area contributed by atoms with E-state index >= 15 is 0 Å². The smallest absolute Gasteiger partial charge is 0.0991 e. The summed E-state index contributed by atoms with van der Waals surface area (Å²) in [6.07, 6.45) is 7.39. The summed E-state index contributed by atoms with van der Waals surface area (Å²) in [7, 11) is 0. The number of hydrogen-bond acceptors (Lipinski definition) is 5. The Morgan fingerprint density at radius 1 is 0.400 bits per heavy atom. The van der Waals surface area contributed by atoms with Crippen LogP contribution in [0.2, 0.25) is 0 Å². The van der Waals surface area contributed by atoms with Gasteiger partial charge in [0.15, 0.2) is 0 Å². The average molecular weight is 836 g/mol. The number of fused-ring (bicyclic) bond motifs is 7. The third kappa shape index (κ3) is 5.93. The van der Waals surface area contributed by atoms with Crippen LogP contribution in [0.4, 0.5) is 17.1 Å². The Morgan fingerprint density at radius 3 is 1.67 bits per heavy atom. The maximum atomic E-state index is 5.39. The Labute approximate surface area is 334 Å². The van der Waals surface area contributed by atoms with Crippen molar-refractivity contribution >= 4 is 92.5 Å². The number of aromatic nitrogens is 4. The molecule has 0 radical (unpaired) electrons. The van der Waals surface area contributed by atoms with Crippen LogP contribution in [0.3, 0.4) is 0 Å². The van der Waals surface area contributed by atoms with Crippen molar-refractivity contribution < 1.29 is 0 Å². The summed E-state index contributed by atoms with van der Waals surface area (Å²) in [5, 5.41) is 4.20. The van der Waals surface area contributed by atoms with E-state index in [1.165, 1.54) is 0 Å². The van der Waals surface area contributed by atoms with Gasteiger partial charge in [0.2, 0.25) is 0 Å². The first-order valence-corrected chi connectivity index (χ1v) is 19.5. The fraction of sp³-hybridized carbons (Fsp3) is 0. The Kier molecular flexibility index (Phi) is 8.39. The van der Waals surface area contributed by atoms with E-state index < -0.39 is 0 Å².